The molecule has 0 saturated carbocycles. The highest BCUT2D eigenvalue weighted by atomic mass is 16.2. The predicted octanol–water partition coefficient (Wildman–Crippen LogP) is 1.11. The van der Waals surface area contributed by atoms with Crippen LogP contribution in [0.1, 0.15) is 27.8 Å². The van der Waals surface area contributed by atoms with Gasteiger partial charge in [0.05, 0.1) is 0 Å². The van der Waals surface area contributed by atoms with Crippen LogP contribution in [0.25, 0.3) is 0 Å². The van der Waals surface area contributed by atoms with Gasteiger partial charge in [0.25, 0.3) is 5.56 Å². The summed E-state index contributed by atoms with van der Waals surface area (Å²) in [6.45, 7) is 11.8. The van der Waals surface area contributed by atoms with Crippen molar-refractivity contribution in [3.05, 3.63) is 67.0 Å². The van der Waals surface area contributed by atoms with E-state index in [4.69, 9.17) is 0 Å². The molecule has 1 N–H and O–H groups in total. The molecule has 0 bridgehead atoms. The zero-order chi connectivity index (χ0) is 20.4. The van der Waals surface area contributed by atoms with Gasteiger partial charge in [-0.15, -0.1) is 0 Å². The van der Waals surface area contributed by atoms with Crippen molar-refractivity contribution in [2.45, 2.75) is 40.8 Å². The molecule has 1 amide bonds. The molecule has 7 nitrogen and oxygen atoms in total. The minimum absolute atomic E-state index is 0.0490. The molecule has 2 aromatic rings. The van der Waals surface area contributed by atoms with E-state index < -0.39 is 11.2 Å². The summed E-state index contributed by atoms with van der Waals surface area (Å²) in [6.07, 6.45) is 1.44. The molecule has 2 heterocycles. The van der Waals surface area contributed by atoms with E-state index >= 15 is 0 Å². The van der Waals surface area contributed by atoms with Crippen LogP contribution in [0, 0.1) is 27.7 Å². The van der Waals surface area contributed by atoms with Gasteiger partial charge >= 0.3 is 5.69 Å². The number of aromatic amines is 1. The summed E-state index contributed by atoms with van der Waals surface area (Å²) in [5.41, 5.74) is 4.72. The average molecular weight is 384 g/mol. The molecule has 0 unspecified atom stereocenters. The summed E-state index contributed by atoms with van der Waals surface area (Å²) < 4.78 is 1.27. The third-order valence-electron chi connectivity index (χ3n) is 5.44. The lowest BCUT2D eigenvalue weighted by molar-refractivity contribution is -0.133. The standard InChI is InChI=1S/C21H28N4O3/c1-14-9-15(2)18(16(3)10-14)12-23-5-7-24(8-6-23)19(26)13-25-11-17(4)20(27)22-21(25)28/h9-11H,5-8,12-13H2,1-4H3,(H,22,27,28). The first-order valence-corrected chi connectivity index (χ1v) is 9.62. The second-order valence-electron chi connectivity index (χ2n) is 7.73. The van der Waals surface area contributed by atoms with Crippen molar-refractivity contribution in [3.63, 3.8) is 0 Å². The van der Waals surface area contributed by atoms with Gasteiger partial charge in [-0.3, -0.25) is 24.0 Å². The number of amides is 1. The summed E-state index contributed by atoms with van der Waals surface area (Å²) in [7, 11) is 0. The summed E-state index contributed by atoms with van der Waals surface area (Å²) >= 11 is 0. The van der Waals surface area contributed by atoms with Crippen LogP contribution in [0.4, 0.5) is 0 Å². The van der Waals surface area contributed by atoms with E-state index in [9.17, 15) is 14.4 Å². The number of piperazine rings is 1. The fourth-order valence-corrected chi connectivity index (χ4v) is 3.82. The number of nitrogens with zero attached hydrogens (tertiary/aromatic N) is 3. The largest absolute Gasteiger partial charge is 0.339 e. The quantitative estimate of drug-likeness (QED) is 0.857. The normalized spacial score (nSPS) is 15.1. The maximum atomic E-state index is 12.6. The highest BCUT2D eigenvalue weighted by molar-refractivity contribution is 5.76. The van der Waals surface area contributed by atoms with Crippen molar-refractivity contribution in [2.24, 2.45) is 0 Å². The summed E-state index contributed by atoms with van der Waals surface area (Å²) in [6, 6.07) is 4.43. The Bertz CT molecular complexity index is 974. The molecule has 0 aliphatic carbocycles. The number of carbonyl (C=O) groups excluding carboxylic acids is 1. The lowest BCUT2D eigenvalue weighted by Gasteiger charge is -2.35. The first kappa shape index (κ1) is 20.1. The second kappa shape index (κ2) is 8.14. The molecule has 150 valence electrons. The van der Waals surface area contributed by atoms with Crippen molar-refractivity contribution in [1.82, 2.24) is 19.4 Å². The van der Waals surface area contributed by atoms with Gasteiger partial charge in [-0.05, 0) is 44.4 Å². The van der Waals surface area contributed by atoms with Gasteiger partial charge in [0.2, 0.25) is 5.91 Å². The zero-order valence-electron chi connectivity index (χ0n) is 17.0. The molecule has 0 radical (unpaired) electrons. The van der Waals surface area contributed by atoms with Gasteiger partial charge < -0.3 is 4.90 Å². The summed E-state index contributed by atoms with van der Waals surface area (Å²) in [5, 5.41) is 0. The Morgan fingerprint density at radius 1 is 0.964 bits per heavy atom. The molecular weight excluding hydrogens is 356 g/mol. The number of aromatic nitrogens is 2. The fraction of sp³-hybridized carbons (Fsp3) is 0.476. The zero-order valence-corrected chi connectivity index (χ0v) is 17.0. The van der Waals surface area contributed by atoms with Crippen molar-refractivity contribution in [3.8, 4) is 0 Å². The van der Waals surface area contributed by atoms with Crippen LogP contribution >= 0.6 is 0 Å². The molecule has 3 rings (SSSR count). The SMILES string of the molecule is Cc1cc(C)c(CN2CCN(C(=O)Cn3cc(C)c(=O)[nH]c3=O)CC2)c(C)c1. The Balaban J connectivity index is 1.60. The first-order chi connectivity index (χ1) is 13.2. The van der Waals surface area contributed by atoms with Crippen LogP contribution in [0.3, 0.4) is 0 Å². The predicted molar refractivity (Wildman–Crippen MR) is 109 cm³/mol. The van der Waals surface area contributed by atoms with Crippen molar-refractivity contribution in [1.29, 1.82) is 0 Å². The minimum Gasteiger partial charge on any atom is -0.339 e. The topological polar surface area (TPSA) is 78.4 Å². The Morgan fingerprint density at radius 3 is 2.18 bits per heavy atom. The van der Waals surface area contributed by atoms with Gasteiger partial charge in [-0.2, -0.15) is 0 Å². The van der Waals surface area contributed by atoms with Gasteiger partial charge in [-0.1, -0.05) is 17.7 Å². The molecule has 0 spiro atoms. The molecule has 1 aromatic carbocycles. The Morgan fingerprint density at radius 2 is 1.57 bits per heavy atom. The molecule has 28 heavy (non-hydrogen) atoms. The number of nitrogens with one attached hydrogen (secondary N) is 1. The van der Waals surface area contributed by atoms with Crippen molar-refractivity contribution >= 4 is 5.91 Å². The number of benzene rings is 1. The molecule has 1 aromatic heterocycles. The lowest BCUT2D eigenvalue weighted by Crippen LogP contribution is -2.50. The van der Waals surface area contributed by atoms with Crippen LogP contribution < -0.4 is 11.2 Å². The van der Waals surface area contributed by atoms with Crippen LogP contribution in [-0.4, -0.2) is 51.4 Å². The van der Waals surface area contributed by atoms with Gasteiger partial charge in [0, 0.05) is 44.5 Å². The molecule has 1 aliphatic heterocycles. The van der Waals surface area contributed by atoms with Crippen LogP contribution in [0.15, 0.2) is 27.9 Å². The van der Waals surface area contributed by atoms with Crippen LogP contribution in [0.5, 0.6) is 0 Å². The van der Waals surface area contributed by atoms with Crippen LogP contribution in [-0.2, 0) is 17.9 Å². The van der Waals surface area contributed by atoms with Crippen molar-refractivity contribution < 1.29 is 4.79 Å². The number of rotatable bonds is 4. The molecule has 7 heteroatoms. The minimum atomic E-state index is -0.548. The number of hydrogen-bond acceptors (Lipinski definition) is 4. The second-order valence-corrected chi connectivity index (χ2v) is 7.73. The summed E-state index contributed by atoms with van der Waals surface area (Å²) in [4.78, 5) is 42.3. The van der Waals surface area contributed by atoms with Gasteiger partial charge in [0.1, 0.15) is 6.54 Å². The Hall–Kier alpha value is -2.67. The third kappa shape index (κ3) is 4.42. The molecule has 0 atom stereocenters. The molecule has 1 aliphatic rings. The number of carbonyl (C=O) groups is 1. The number of hydrogen-bond donors (Lipinski definition) is 1. The number of H-pyrrole nitrogens is 1. The average Bonchev–Trinajstić information content (AvgIpc) is 2.63. The Kier molecular flexibility index (Phi) is 5.84. The maximum absolute atomic E-state index is 12.6. The molecule has 1 fully saturated rings. The fourth-order valence-electron chi connectivity index (χ4n) is 3.82. The highest BCUT2D eigenvalue weighted by Gasteiger charge is 2.22. The van der Waals surface area contributed by atoms with E-state index in [-0.39, 0.29) is 12.5 Å². The van der Waals surface area contributed by atoms with E-state index in [1.165, 1.54) is 33.0 Å². The smallest absolute Gasteiger partial charge is 0.328 e. The molecular formula is C21H28N4O3. The van der Waals surface area contributed by atoms with Crippen LogP contribution in [0.2, 0.25) is 0 Å². The van der Waals surface area contributed by atoms with E-state index in [0.29, 0.717) is 18.7 Å². The van der Waals surface area contributed by atoms with Crippen molar-refractivity contribution in [2.75, 3.05) is 26.2 Å². The van der Waals surface area contributed by atoms with E-state index in [0.717, 1.165) is 19.6 Å². The summed E-state index contributed by atoms with van der Waals surface area (Å²) in [5.74, 6) is -0.101. The Labute approximate surface area is 164 Å². The molecule has 1 saturated heterocycles. The highest BCUT2D eigenvalue weighted by Crippen LogP contribution is 2.19. The van der Waals surface area contributed by atoms with E-state index in [1.807, 2.05) is 0 Å². The van der Waals surface area contributed by atoms with E-state index in [2.05, 4.69) is 42.8 Å². The number of aryl methyl sites for hydroxylation is 4. The first-order valence-electron chi connectivity index (χ1n) is 9.62. The van der Waals surface area contributed by atoms with Gasteiger partial charge in [0.15, 0.2) is 0 Å². The maximum Gasteiger partial charge on any atom is 0.328 e. The van der Waals surface area contributed by atoms with E-state index in [1.54, 1.807) is 11.8 Å². The van der Waals surface area contributed by atoms with Gasteiger partial charge in [-0.25, -0.2) is 4.79 Å². The lowest BCUT2D eigenvalue weighted by atomic mass is 9.99. The third-order valence-corrected chi connectivity index (χ3v) is 5.44. The monoisotopic (exact) mass is 384 g/mol.